The number of ether oxygens (including phenoxy) is 2. The normalized spacial score (nSPS) is 25.3. The predicted octanol–water partition coefficient (Wildman–Crippen LogP) is 1.06. The summed E-state index contributed by atoms with van der Waals surface area (Å²) in [5, 5.41) is 0. The maximum absolute atomic E-state index is 10.9. The molecule has 0 aromatic rings. The fourth-order valence-electron chi connectivity index (χ4n) is 1.09. The molecule has 0 aromatic heterocycles. The molecule has 1 heterocycles. The fourth-order valence-corrected chi connectivity index (χ4v) is 1.44. The molecule has 0 aromatic carbocycles. The molecule has 1 rings (SSSR count). The molecular formula is C8H11IO4. The smallest absolute Gasteiger partial charge is 0.306 e. The molecule has 0 N–H and O–H groups in total. The molecule has 0 aliphatic carbocycles. The first-order chi connectivity index (χ1) is 6.27. The number of aldehydes is 1. The Balaban J connectivity index is 1.95. The van der Waals surface area contributed by atoms with Gasteiger partial charge >= 0.3 is 5.97 Å². The minimum Gasteiger partial charge on any atom is -0.455 e. The van der Waals surface area contributed by atoms with E-state index in [1.54, 1.807) is 0 Å². The lowest BCUT2D eigenvalue weighted by Crippen LogP contribution is -2.03. The number of rotatable bonds is 6. The van der Waals surface area contributed by atoms with Gasteiger partial charge in [-0.25, -0.2) is 0 Å². The van der Waals surface area contributed by atoms with Gasteiger partial charge in [0.05, 0.1) is 6.10 Å². The van der Waals surface area contributed by atoms with Crippen molar-refractivity contribution in [2.45, 2.75) is 31.5 Å². The van der Waals surface area contributed by atoms with Crippen molar-refractivity contribution >= 4 is 34.8 Å². The molecule has 2 atom stereocenters. The molecule has 4 nitrogen and oxygen atoms in total. The Morgan fingerprint density at radius 2 is 2.38 bits per heavy atom. The highest BCUT2D eigenvalue weighted by atomic mass is 127. The second-order valence-electron chi connectivity index (χ2n) is 2.79. The molecule has 0 bridgehead atoms. The number of carbonyl (C=O) groups excluding carboxylic acids is 2. The molecule has 1 saturated heterocycles. The van der Waals surface area contributed by atoms with Crippen LogP contribution in [0.3, 0.4) is 0 Å². The van der Waals surface area contributed by atoms with E-state index in [2.05, 4.69) is 0 Å². The highest BCUT2D eigenvalue weighted by molar-refractivity contribution is 14.1. The highest BCUT2D eigenvalue weighted by Gasteiger charge is 2.37. The van der Waals surface area contributed by atoms with Crippen LogP contribution in [0.5, 0.6) is 0 Å². The molecule has 0 spiro atoms. The van der Waals surface area contributed by atoms with E-state index in [-0.39, 0.29) is 18.2 Å². The van der Waals surface area contributed by atoms with Crippen LogP contribution in [0, 0.1) is 0 Å². The Kier molecular flexibility index (Phi) is 4.65. The first kappa shape index (κ1) is 10.9. The van der Waals surface area contributed by atoms with Crippen LogP contribution in [0.15, 0.2) is 0 Å². The standard InChI is InChI=1S/C8H11IO4/c9-5-12-8(11)3-1-2-6-7(4-10)13-6/h4,6-7H,1-3,5H2. The van der Waals surface area contributed by atoms with Crippen LogP contribution in [0.1, 0.15) is 19.3 Å². The van der Waals surface area contributed by atoms with Crippen molar-refractivity contribution in [3.8, 4) is 0 Å². The zero-order valence-electron chi connectivity index (χ0n) is 7.07. The molecule has 1 aliphatic heterocycles. The Morgan fingerprint density at radius 3 is 2.92 bits per heavy atom. The van der Waals surface area contributed by atoms with E-state index in [1.165, 1.54) is 0 Å². The number of epoxide rings is 1. The van der Waals surface area contributed by atoms with E-state index < -0.39 is 0 Å². The van der Waals surface area contributed by atoms with Gasteiger partial charge in [0.15, 0.2) is 6.29 Å². The molecule has 5 heteroatoms. The summed E-state index contributed by atoms with van der Waals surface area (Å²) in [4.78, 5) is 21.0. The number of halogens is 1. The fraction of sp³-hybridized carbons (Fsp3) is 0.750. The summed E-state index contributed by atoms with van der Waals surface area (Å²) in [6.07, 6.45) is 2.53. The quantitative estimate of drug-likeness (QED) is 0.242. The third kappa shape index (κ3) is 4.04. The molecular weight excluding hydrogens is 287 g/mol. The van der Waals surface area contributed by atoms with Gasteiger partial charge in [-0.05, 0) is 35.4 Å². The number of hydrogen-bond donors (Lipinski definition) is 0. The van der Waals surface area contributed by atoms with E-state index in [9.17, 15) is 9.59 Å². The van der Waals surface area contributed by atoms with Crippen LogP contribution >= 0.6 is 22.6 Å². The van der Waals surface area contributed by atoms with Crippen LogP contribution in [0.25, 0.3) is 0 Å². The zero-order valence-corrected chi connectivity index (χ0v) is 9.23. The molecule has 74 valence electrons. The number of esters is 1. The van der Waals surface area contributed by atoms with E-state index in [1.807, 2.05) is 22.6 Å². The molecule has 0 radical (unpaired) electrons. The van der Waals surface area contributed by atoms with Crippen molar-refractivity contribution in [2.75, 3.05) is 4.61 Å². The number of alkyl halides is 1. The first-order valence-corrected chi connectivity index (χ1v) is 5.63. The molecule has 1 aliphatic rings. The maximum Gasteiger partial charge on any atom is 0.306 e. The lowest BCUT2D eigenvalue weighted by atomic mass is 10.1. The van der Waals surface area contributed by atoms with E-state index in [0.29, 0.717) is 11.0 Å². The van der Waals surface area contributed by atoms with Crippen molar-refractivity contribution in [1.29, 1.82) is 0 Å². The van der Waals surface area contributed by atoms with E-state index in [4.69, 9.17) is 9.47 Å². The van der Waals surface area contributed by atoms with Crippen LogP contribution < -0.4 is 0 Å². The van der Waals surface area contributed by atoms with Gasteiger partial charge in [-0.2, -0.15) is 0 Å². The van der Waals surface area contributed by atoms with Gasteiger partial charge < -0.3 is 14.3 Å². The van der Waals surface area contributed by atoms with E-state index >= 15 is 0 Å². The van der Waals surface area contributed by atoms with Gasteiger partial charge in [0.2, 0.25) is 0 Å². The number of carbonyl (C=O) groups is 2. The Labute approximate surface area is 90.1 Å². The Morgan fingerprint density at radius 1 is 1.62 bits per heavy atom. The third-order valence-electron chi connectivity index (χ3n) is 1.84. The van der Waals surface area contributed by atoms with Crippen molar-refractivity contribution < 1.29 is 19.1 Å². The van der Waals surface area contributed by atoms with Crippen molar-refractivity contribution in [3.05, 3.63) is 0 Å². The van der Waals surface area contributed by atoms with Gasteiger partial charge in [-0.15, -0.1) is 0 Å². The van der Waals surface area contributed by atoms with Gasteiger partial charge in [0.25, 0.3) is 0 Å². The summed E-state index contributed by atoms with van der Waals surface area (Å²) in [5.41, 5.74) is 0. The summed E-state index contributed by atoms with van der Waals surface area (Å²) >= 11 is 1.98. The summed E-state index contributed by atoms with van der Waals surface area (Å²) in [7, 11) is 0. The van der Waals surface area contributed by atoms with Crippen LogP contribution in [0.2, 0.25) is 0 Å². The molecule has 2 unspecified atom stereocenters. The largest absolute Gasteiger partial charge is 0.455 e. The maximum atomic E-state index is 10.9. The monoisotopic (exact) mass is 298 g/mol. The SMILES string of the molecule is O=CC1OC1CCCC(=O)OCI. The van der Waals surface area contributed by atoms with Gasteiger partial charge in [-0.1, -0.05) is 0 Å². The molecule has 13 heavy (non-hydrogen) atoms. The lowest BCUT2D eigenvalue weighted by Gasteiger charge is -1.98. The van der Waals surface area contributed by atoms with E-state index in [0.717, 1.165) is 19.1 Å². The third-order valence-corrected chi connectivity index (χ3v) is 2.15. The van der Waals surface area contributed by atoms with Gasteiger partial charge in [0, 0.05) is 6.42 Å². The summed E-state index contributed by atoms with van der Waals surface area (Å²) in [6, 6.07) is 0. The zero-order chi connectivity index (χ0) is 9.68. The Hall–Kier alpha value is -0.170. The second-order valence-corrected chi connectivity index (χ2v) is 3.42. The summed E-state index contributed by atoms with van der Waals surface area (Å²) < 4.78 is 10.1. The highest BCUT2D eigenvalue weighted by Crippen LogP contribution is 2.25. The van der Waals surface area contributed by atoms with Crippen LogP contribution in [0.4, 0.5) is 0 Å². The van der Waals surface area contributed by atoms with Crippen molar-refractivity contribution in [3.63, 3.8) is 0 Å². The minimum atomic E-state index is -0.222. The lowest BCUT2D eigenvalue weighted by molar-refractivity contribution is -0.141. The van der Waals surface area contributed by atoms with Gasteiger partial charge in [0.1, 0.15) is 10.7 Å². The average molecular weight is 298 g/mol. The summed E-state index contributed by atoms with van der Waals surface area (Å²) in [5.74, 6) is -0.183. The minimum absolute atomic E-state index is 0.0462. The molecule has 0 saturated carbocycles. The van der Waals surface area contributed by atoms with Crippen LogP contribution in [-0.4, -0.2) is 29.1 Å². The number of hydrogen-bond acceptors (Lipinski definition) is 4. The van der Waals surface area contributed by atoms with Crippen LogP contribution in [-0.2, 0) is 19.1 Å². The predicted molar refractivity (Wildman–Crippen MR) is 53.6 cm³/mol. The van der Waals surface area contributed by atoms with Crippen molar-refractivity contribution in [1.82, 2.24) is 0 Å². The molecule has 0 amide bonds. The summed E-state index contributed by atoms with van der Waals surface area (Å²) in [6.45, 7) is 0. The van der Waals surface area contributed by atoms with Gasteiger partial charge in [-0.3, -0.25) is 4.79 Å². The second kappa shape index (κ2) is 5.54. The average Bonchev–Trinajstić information content (AvgIpc) is 2.84. The Bertz CT molecular complexity index is 195. The first-order valence-electron chi connectivity index (χ1n) is 4.10. The molecule has 1 fully saturated rings. The topological polar surface area (TPSA) is 55.9 Å². The van der Waals surface area contributed by atoms with Crippen molar-refractivity contribution in [2.24, 2.45) is 0 Å².